The van der Waals surface area contributed by atoms with Gasteiger partial charge in [0.25, 0.3) is 0 Å². The van der Waals surface area contributed by atoms with Crippen LogP contribution in [-0.4, -0.2) is 34.3 Å². The monoisotopic (exact) mass is 303 g/mol. The smallest absolute Gasteiger partial charge is 0.151 e. The molecule has 0 saturated carbocycles. The van der Waals surface area contributed by atoms with Gasteiger partial charge in [-0.05, 0) is 31.4 Å². The van der Waals surface area contributed by atoms with Crippen LogP contribution in [0.2, 0.25) is 0 Å². The molecule has 0 bridgehead atoms. The summed E-state index contributed by atoms with van der Waals surface area (Å²) in [6, 6.07) is 4.47. The van der Waals surface area contributed by atoms with Crippen molar-refractivity contribution in [2.45, 2.75) is 38.8 Å². The maximum absolute atomic E-state index is 4.61. The molecule has 3 heterocycles. The molecule has 5 nitrogen and oxygen atoms in total. The number of anilines is 1. The fourth-order valence-electron chi connectivity index (χ4n) is 2.66. The van der Waals surface area contributed by atoms with Crippen molar-refractivity contribution in [1.82, 2.24) is 20.5 Å². The highest BCUT2D eigenvalue weighted by atomic mass is 32.1. The number of hydrogen-bond donors (Lipinski definition) is 1. The van der Waals surface area contributed by atoms with E-state index in [2.05, 4.69) is 37.7 Å². The maximum atomic E-state index is 4.61. The second-order valence-corrected chi connectivity index (χ2v) is 6.28. The van der Waals surface area contributed by atoms with Crippen molar-refractivity contribution in [3.63, 3.8) is 0 Å². The molecule has 1 aliphatic rings. The summed E-state index contributed by atoms with van der Waals surface area (Å²) in [5, 5.41) is 15.2. The molecule has 1 N–H and O–H groups in total. The number of nitrogens with zero attached hydrogens (tertiary/aromatic N) is 4. The Labute approximate surface area is 129 Å². The second-order valence-electron chi connectivity index (χ2n) is 5.33. The van der Waals surface area contributed by atoms with Crippen molar-refractivity contribution in [2.75, 3.05) is 18.0 Å². The molecule has 0 unspecified atom stereocenters. The predicted octanol–water partition coefficient (Wildman–Crippen LogP) is 2.25. The minimum absolute atomic E-state index is 0.493. The van der Waals surface area contributed by atoms with Gasteiger partial charge in [-0.3, -0.25) is 0 Å². The molecule has 1 aliphatic heterocycles. The first-order valence-corrected chi connectivity index (χ1v) is 8.42. The predicted molar refractivity (Wildman–Crippen MR) is 85.6 cm³/mol. The highest BCUT2D eigenvalue weighted by Crippen LogP contribution is 2.17. The lowest BCUT2D eigenvalue weighted by molar-refractivity contribution is 0.418. The van der Waals surface area contributed by atoms with Crippen molar-refractivity contribution in [3.8, 4) is 0 Å². The van der Waals surface area contributed by atoms with E-state index in [1.807, 2.05) is 12.1 Å². The zero-order valence-corrected chi connectivity index (χ0v) is 13.1. The van der Waals surface area contributed by atoms with Gasteiger partial charge >= 0.3 is 0 Å². The molecule has 2 aromatic heterocycles. The molecule has 0 radical (unpaired) electrons. The number of aromatic nitrogens is 3. The Hall–Kier alpha value is -1.53. The summed E-state index contributed by atoms with van der Waals surface area (Å²) in [6.07, 6.45) is 5.14. The Kier molecular flexibility index (Phi) is 4.77. The van der Waals surface area contributed by atoms with Crippen LogP contribution < -0.4 is 10.2 Å². The second kappa shape index (κ2) is 6.95. The van der Waals surface area contributed by atoms with Gasteiger partial charge in [-0.1, -0.05) is 6.92 Å². The van der Waals surface area contributed by atoms with Gasteiger partial charge in [0.15, 0.2) is 5.82 Å². The number of nitrogens with one attached hydrogen (secondary N) is 1. The Balaban J connectivity index is 1.54. The van der Waals surface area contributed by atoms with E-state index in [4.69, 9.17) is 0 Å². The van der Waals surface area contributed by atoms with Gasteiger partial charge in [0.05, 0.1) is 10.7 Å². The van der Waals surface area contributed by atoms with Gasteiger partial charge in [0.2, 0.25) is 0 Å². The van der Waals surface area contributed by atoms with Crippen molar-refractivity contribution in [3.05, 3.63) is 34.4 Å². The quantitative estimate of drug-likeness (QED) is 0.918. The molecule has 1 fully saturated rings. The summed E-state index contributed by atoms with van der Waals surface area (Å²) in [5.41, 5.74) is 1.16. The highest BCUT2D eigenvalue weighted by molar-refractivity contribution is 7.09. The van der Waals surface area contributed by atoms with Crippen molar-refractivity contribution < 1.29 is 0 Å². The zero-order valence-electron chi connectivity index (χ0n) is 12.3. The lowest BCUT2D eigenvalue weighted by atomic mass is 10.1. The minimum atomic E-state index is 0.493. The first-order valence-electron chi connectivity index (χ1n) is 7.54. The molecule has 3 rings (SSSR count). The van der Waals surface area contributed by atoms with Gasteiger partial charge in [0.1, 0.15) is 0 Å². The van der Waals surface area contributed by atoms with Crippen molar-refractivity contribution in [1.29, 1.82) is 0 Å². The summed E-state index contributed by atoms with van der Waals surface area (Å²) >= 11 is 1.75. The molecule has 0 spiro atoms. The van der Waals surface area contributed by atoms with E-state index < -0.39 is 0 Å². The van der Waals surface area contributed by atoms with Crippen LogP contribution in [-0.2, 0) is 13.0 Å². The summed E-state index contributed by atoms with van der Waals surface area (Å²) in [5.74, 6) is 0.978. The minimum Gasteiger partial charge on any atom is -0.354 e. The summed E-state index contributed by atoms with van der Waals surface area (Å²) < 4.78 is 0. The summed E-state index contributed by atoms with van der Waals surface area (Å²) in [7, 11) is 0. The number of hydrogen-bond acceptors (Lipinski definition) is 6. The number of aryl methyl sites for hydroxylation is 1. The lowest BCUT2D eigenvalue weighted by Gasteiger charge is -2.33. The highest BCUT2D eigenvalue weighted by Gasteiger charge is 2.20. The third kappa shape index (κ3) is 3.77. The topological polar surface area (TPSA) is 53.9 Å². The maximum Gasteiger partial charge on any atom is 0.151 e. The summed E-state index contributed by atoms with van der Waals surface area (Å²) in [4.78, 5) is 6.92. The Bertz CT molecular complexity index is 556. The number of thiazole rings is 1. The first kappa shape index (κ1) is 14.4. The van der Waals surface area contributed by atoms with Gasteiger partial charge in [-0.25, -0.2) is 4.98 Å². The standard InChI is InChI=1S/C15H21N5S/c1-2-15-18-13(11-21-15)9-16-12-5-4-8-20(10-12)14-6-3-7-17-19-14/h3,6-7,11-12,16H,2,4-5,8-10H2,1H3/t12-/m0/s1. The van der Waals surface area contributed by atoms with E-state index in [1.165, 1.54) is 17.8 Å². The molecule has 6 heteroatoms. The number of piperidine rings is 1. The van der Waals surface area contributed by atoms with E-state index in [0.29, 0.717) is 6.04 Å². The van der Waals surface area contributed by atoms with Crippen LogP contribution in [0.5, 0.6) is 0 Å². The SMILES string of the molecule is CCc1nc(CN[C@H]2CCCN(c3cccnn3)C2)cs1. The van der Waals surface area contributed by atoms with Crippen LogP contribution >= 0.6 is 11.3 Å². The van der Waals surface area contributed by atoms with Gasteiger partial charge in [-0.15, -0.1) is 16.4 Å². The van der Waals surface area contributed by atoms with E-state index in [-0.39, 0.29) is 0 Å². The fourth-order valence-corrected chi connectivity index (χ4v) is 3.40. The zero-order chi connectivity index (χ0) is 14.5. The average molecular weight is 303 g/mol. The first-order chi connectivity index (χ1) is 10.3. The molecule has 1 saturated heterocycles. The molecule has 112 valence electrons. The molecule has 1 atom stereocenters. The average Bonchev–Trinajstić information content (AvgIpc) is 3.02. The summed E-state index contributed by atoms with van der Waals surface area (Å²) in [6.45, 7) is 5.06. The Morgan fingerprint density at radius 2 is 2.43 bits per heavy atom. The molecular formula is C15H21N5S. The molecular weight excluding hydrogens is 282 g/mol. The molecule has 0 aliphatic carbocycles. The molecule has 0 aromatic carbocycles. The van der Waals surface area contributed by atoms with Crippen LogP contribution in [0.4, 0.5) is 5.82 Å². The van der Waals surface area contributed by atoms with Crippen LogP contribution in [0, 0.1) is 0 Å². The number of rotatable bonds is 5. The van der Waals surface area contributed by atoms with Crippen LogP contribution in [0.1, 0.15) is 30.5 Å². The third-order valence-corrected chi connectivity index (χ3v) is 4.82. The molecule has 0 amide bonds. The van der Waals surface area contributed by atoms with Crippen LogP contribution in [0.15, 0.2) is 23.7 Å². The Morgan fingerprint density at radius 1 is 1.48 bits per heavy atom. The molecule has 2 aromatic rings. The van der Waals surface area contributed by atoms with Crippen LogP contribution in [0.3, 0.4) is 0 Å². The fraction of sp³-hybridized carbons (Fsp3) is 0.533. The van der Waals surface area contributed by atoms with Crippen LogP contribution in [0.25, 0.3) is 0 Å². The van der Waals surface area contributed by atoms with E-state index in [1.54, 1.807) is 17.5 Å². The van der Waals surface area contributed by atoms with Gasteiger partial charge in [0, 0.05) is 37.3 Å². The lowest BCUT2D eigenvalue weighted by Crippen LogP contribution is -2.45. The van der Waals surface area contributed by atoms with Gasteiger partial charge in [-0.2, -0.15) is 5.10 Å². The molecule has 21 heavy (non-hydrogen) atoms. The Morgan fingerprint density at radius 3 is 3.19 bits per heavy atom. The van der Waals surface area contributed by atoms with Crippen molar-refractivity contribution >= 4 is 17.2 Å². The van der Waals surface area contributed by atoms with Crippen molar-refractivity contribution in [2.24, 2.45) is 0 Å². The van der Waals surface area contributed by atoms with Gasteiger partial charge < -0.3 is 10.2 Å². The van der Waals surface area contributed by atoms with E-state index in [9.17, 15) is 0 Å². The largest absolute Gasteiger partial charge is 0.354 e. The normalized spacial score (nSPS) is 18.9. The van der Waals surface area contributed by atoms with E-state index >= 15 is 0 Å². The van der Waals surface area contributed by atoms with E-state index in [0.717, 1.165) is 37.6 Å². The third-order valence-electron chi connectivity index (χ3n) is 3.78.